The summed E-state index contributed by atoms with van der Waals surface area (Å²) in [5.74, 6) is -0.236. The quantitative estimate of drug-likeness (QED) is 0.0835. The summed E-state index contributed by atoms with van der Waals surface area (Å²) in [5.41, 5.74) is -1.84. The third kappa shape index (κ3) is 20.2. The Morgan fingerprint density at radius 2 is 1.29 bits per heavy atom. The van der Waals surface area contributed by atoms with Crippen molar-refractivity contribution in [3.05, 3.63) is 0 Å². The highest BCUT2D eigenvalue weighted by Gasteiger charge is 2.30. The summed E-state index contributed by atoms with van der Waals surface area (Å²) in [4.78, 5) is 50.8. The van der Waals surface area contributed by atoms with E-state index in [4.69, 9.17) is 14.2 Å². The molecule has 0 spiro atoms. The molecule has 0 saturated carbocycles. The van der Waals surface area contributed by atoms with Crippen LogP contribution >= 0.6 is 21.6 Å². The average molecular weight is 618 g/mol. The average Bonchev–Trinajstić information content (AvgIpc) is 3.29. The van der Waals surface area contributed by atoms with Gasteiger partial charge in [0.2, 0.25) is 5.91 Å². The summed E-state index contributed by atoms with van der Waals surface area (Å²) in [6.07, 6.45) is 6.20. The van der Waals surface area contributed by atoms with Gasteiger partial charge in [-0.05, 0) is 107 Å². The van der Waals surface area contributed by atoms with Crippen LogP contribution in [0.5, 0.6) is 0 Å². The summed E-state index contributed by atoms with van der Waals surface area (Å²) in [5, 5.41) is 3.80. The second-order valence-electron chi connectivity index (χ2n) is 13.9. The highest BCUT2D eigenvalue weighted by molar-refractivity contribution is 8.77. The number of rotatable bonds is 16. The molecule has 1 N–H and O–H groups in total. The number of nitrogens with one attached hydrogen (secondary N) is 1. The summed E-state index contributed by atoms with van der Waals surface area (Å²) in [6.45, 7) is 16.4. The molecule has 1 amide bonds. The van der Waals surface area contributed by atoms with Gasteiger partial charge in [-0.25, -0.2) is 0 Å². The van der Waals surface area contributed by atoms with Gasteiger partial charge in [0.1, 0.15) is 16.8 Å². The van der Waals surface area contributed by atoms with Crippen molar-refractivity contribution in [3.8, 4) is 0 Å². The topological polar surface area (TPSA) is 108 Å². The maximum absolute atomic E-state index is 13.1. The van der Waals surface area contributed by atoms with Crippen LogP contribution in [0.3, 0.4) is 0 Å². The zero-order valence-electron chi connectivity index (χ0n) is 26.9. The molecule has 1 heterocycles. The van der Waals surface area contributed by atoms with Crippen molar-refractivity contribution >= 4 is 45.4 Å². The van der Waals surface area contributed by atoms with Crippen molar-refractivity contribution in [2.75, 3.05) is 5.75 Å². The van der Waals surface area contributed by atoms with Crippen LogP contribution in [0.25, 0.3) is 0 Å². The number of unbranched alkanes of at least 4 members (excludes halogenated alkanes) is 1. The second-order valence-corrected chi connectivity index (χ2v) is 16.7. The van der Waals surface area contributed by atoms with Gasteiger partial charge < -0.3 is 19.5 Å². The van der Waals surface area contributed by atoms with Crippen LogP contribution in [0.1, 0.15) is 133 Å². The SMILES string of the molecule is CC(C)(C)OC(=O)CCCC(CC(=O)OC(C)(C)C)C(CCC(=O)OC(C)(C)C)NC(=O)CCCCC1CCSS1. The van der Waals surface area contributed by atoms with E-state index in [1.54, 1.807) is 0 Å². The van der Waals surface area contributed by atoms with E-state index in [9.17, 15) is 19.2 Å². The normalized spacial score (nSPS) is 17.4. The molecule has 10 heteroatoms. The van der Waals surface area contributed by atoms with Crippen molar-refractivity contribution in [1.82, 2.24) is 5.32 Å². The van der Waals surface area contributed by atoms with Crippen LogP contribution in [-0.2, 0) is 33.4 Å². The molecule has 0 aliphatic carbocycles. The van der Waals surface area contributed by atoms with E-state index in [1.807, 2.05) is 83.9 Å². The lowest BCUT2D eigenvalue weighted by Crippen LogP contribution is -2.42. The fourth-order valence-corrected chi connectivity index (χ4v) is 7.56. The van der Waals surface area contributed by atoms with Crippen molar-refractivity contribution in [2.24, 2.45) is 5.92 Å². The predicted molar refractivity (Wildman–Crippen MR) is 168 cm³/mol. The number of carbonyl (C=O) groups is 4. The van der Waals surface area contributed by atoms with Gasteiger partial charge in [0.25, 0.3) is 0 Å². The van der Waals surface area contributed by atoms with Crippen molar-refractivity contribution < 1.29 is 33.4 Å². The van der Waals surface area contributed by atoms with Crippen LogP contribution < -0.4 is 5.32 Å². The molecule has 0 aromatic rings. The van der Waals surface area contributed by atoms with Crippen molar-refractivity contribution in [1.29, 1.82) is 0 Å². The lowest BCUT2D eigenvalue weighted by atomic mass is 9.87. The lowest BCUT2D eigenvalue weighted by Gasteiger charge is -2.29. The molecule has 1 fully saturated rings. The van der Waals surface area contributed by atoms with Crippen LogP contribution in [-0.4, -0.2) is 57.7 Å². The molecule has 1 aliphatic heterocycles. The standard InChI is InChI=1S/C31H55NO7S2/c1-29(2,3)37-26(34)16-12-13-22(21-28(36)39-31(7,8)9)24(17-18-27(35)38-30(4,5)6)32-25(33)15-11-10-14-23-19-20-40-41-23/h22-24H,10-21H2,1-9H3,(H,32,33). The first kappa shape index (κ1) is 37.6. The van der Waals surface area contributed by atoms with Crippen LogP contribution in [0, 0.1) is 5.92 Å². The Morgan fingerprint density at radius 3 is 1.83 bits per heavy atom. The van der Waals surface area contributed by atoms with Gasteiger partial charge in [-0.15, -0.1) is 0 Å². The Balaban J connectivity index is 2.95. The number of hydrogen-bond acceptors (Lipinski definition) is 9. The minimum atomic E-state index is -0.649. The molecule has 1 saturated heterocycles. The first-order valence-electron chi connectivity index (χ1n) is 15.1. The molecular formula is C31H55NO7S2. The van der Waals surface area contributed by atoms with Gasteiger partial charge in [0, 0.05) is 36.3 Å². The molecule has 238 valence electrons. The van der Waals surface area contributed by atoms with Crippen LogP contribution in [0.2, 0.25) is 0 Å². The molecule has 3 unspecified atom stereocenters. The number of amides is 1. The maximum atomic E-state index is 13.1. The van der Waals surface area contributed by atoms with Crippen molar-refractivity contribution in [2.45, 2.75) is 161 Å². The van der Waals surface area contributed by atoms with E-state index < -0.39 is 22.8 Å². The minimum Gasteiger partial charge on any atom is -0.460 e. The maximum Gasteiger partial charge on any atom is 0.306 e. The molecule has 3 atom stereocenters. The Hall–Kier alpha value is -1.42. The first-order chi connectivity index (χ1) is 18.8. The highest BCUT2D eigenvalue weighted by Crippen LogP contribution is 2.39. The first-order valence-corrected chi connectivity index (χ1v) is 17.4. The van der Waals surface area contributed by atoms with Gasteiger partial charge in [0.15, 0.2) is 0 Å². The van der Waals surface area contributed by atoms with Gasteiger partial charge >= 0.3 is 17.9 Å². The Morgan fingerprint density at radius 1 is 0.732 bits per heavy atom. The Kier molecular flexibility index (Phi) is 16.2. The number of carbonyl (C=O) groups excluding carboxylic acids is 4. The molecule has 0 aromatic heterocycles. The molecule has 8 nitrogen and oxygen atoms in total. The number of ether oxygens (including phenoxy) is 3. The number of esters is 3. The van der Waals surface area contributed by atoms with E-state index in [1.165, 1.54) is 12.2 Å². The third-order valence-electron chi connectivity index (χ3n) is 6.13. The number of hydrogen-bond donors (Lipinski definition) is 1. The lowest BCUT2D eigenvalue weighted by molar-refractivity contribution is -0.156. The van der Waals surface area contributed by atoms with E-state index >= 15 is 0 Å². The zero-order chi connectivity index (χ0) is 31.3. The molecule has 0 aromatic carbocycles. The molecule has 1 aliphatic rings. The van der Waals surface area contributed by atoms with E-state index in [-0.39, 0.29) is 49.0 Å². The fraction of sp³-hybridized carbons (Fsp3) is 0.871. The summed E-state index contributed by atoms with van der Waals surface area (Å²) < 4.78 is 16.5. The van der Waals surface area contributed by atoms with Crippen LogP contribution in [0.15, 0.2) is 0 Å². The molecule has 0 bridgehead atoms. The molecular weight excluding hydrogens is 562 g/mol. The molecule has 41 heavy (non-hydrogen) atoms. The zero-order valence-corrected chi connectivity index (χ0v) is 28.5. The third-order valence-corrected chi connectivity index (χ3v) is 9.13. The predicted octanol–water partition coefficient (Wildman–Crippen LogP) is 7.17. The Labute approximate surface area is 256 Å². The fourth-order valence-electron chi connectivity index (χ4n) is 4.54. The molecule has 0 radical (unpaired) electrons. The second kappa shape index (κ2) is 17.6. The van der Waals surface area contributed by atoms with Gasteiger partial charge in [-0.1, -0.05) is 28.0 Å². The minimum absolute atomic E-state index is 0.0709. The highest BCUT2D eigenvalue weighted by atomic mass is 33.1. The van der Waals surface area contributed by atoms with Gasteiger partial charge in [-0.3, -0.25) is 19.2 Å². The monoisotopic (exact) mass is 617 g/mol. The smallest absolute Gasteiger partial charge is 0.306 e. The van der Waals surface area contributed by atoms with E-state index in [0.29, 0.717) is 30.9 Å². The van der Waals surface area contributed by atoms with Gasteiger partial charge in [0.05, 0.1) is 6.42 Å². The molecule has 1 rings (SSSR count). The largest absolute Gasteiger partial charge is 0.460 e. The van der Waals surface area contributed by atoms with Crippen molar-refractivity contribution in [3.63, 3.8) is 0 Å². The summed E-state index contributed by atoms with van der Waals surface area (Å²) >= 11 is 0. The van der Waals surface area contributed by atoms with Crippen LogP contribution in [0.4, 0.5) is 0 Å². The van der Waals surface area contributed by atoms with E-state index in [2.05, 4.69) is 5.32 Å². The summed E-state index contributed by atoms with van der Waals surface area (Å²) in [6, 6.07) is -0.442. The Bertz CT molecular complexity index is 837. The summed E-state index contributed by atoms with van der Waals surface area (Å²) in [7, 11) is 3.87. The van der Waals surface area contributed by atoms with E-state index in [0.717, 1.165) is 19.3 Å². The van der Waals surface area contributed by atoms with Gasteiger partial charge in [-0.2, -0.15) is 0 Å².